The van der Waals surface area contributed by atoms with Crippen LogP contribution in [0.5, 0.6) is 5.75 Å². The third kappa shape index (κ3) is 6.33. The number of nitrogens with zero attached hydrogens (tertiary/aromatic N) is 1. The lowest BCUT2D eigenvalue weighted by molar-refractivity contribution is -0.163. The minimum Gasteiger partial charge on any atom is -0.462 e. The maximum Gasteiger partial charge on any atom is 0.459 e. The molecule has 0 amide bonds. The number of carbonyl (C=O) groups excluding carboxylic acids is 2. The van der Waals surface area contributed by atoms with Crippen molar-refractivity contribution < 1.29 is 32.7 Å². The number of ketones is 1. The molecule has 1 N–H and O–H groups in total. The Labute approximate surface area is 208 Å². The van der Waals surface area contributed by atoms with Crippen LogP contribution in [0, 0.1) is 11.8 Å². The Morgan fingerprint density at radius 3 is 2.46 bits per heavy atom. The molecule has 35 heavy (non-hydrogen) atoms. The van der Waals surface area contributed by atoms with Crippen molar-refractivity contribution in [2.75, 3.05) is 26.9 Å². The van der Waals surface area contributed by atoms with E-state index in [1.165, 1.54) is 7.11 Å². The molecule has 1 aromatic carbocycles. The van der Waals surface area contributed by atoms with E-state index in [0.717, 1.165) is 19.4 Å². The predicted octanol–water partition coefficient (Wildman–Crippen LogP) is 3.82. The molecule has 3 aliphatic rings. The first-order valence-corrected chi connectivity index (χ1v) is 13.8. The normalized spacial score (nSPS) is 28.7. The summed E-state index contributed by atoms with van der Waals surface area (Å²) in [5.74, 6) is -0.543. The molecule has 3 saturated heterocycles. The van der Waals surface area contributed by atoms with Gasteiger partial charge in [0.25, 0.3) is 0 Å². The summed E-state index contributed by atoms with van der Waals surface area (Å²) in [4.78, 5) is 28.3. The number of benzene rings is 1. The van der Waals surface area contributed by atoms with Crippen LogP contribution in [-0.4, -0.2) is 67.2 Å². The molecule has 4 rings (SSSR count). The lowest BCUT2D eigenvalue weighted by Crippen LogP contribution is -2.71. The second-order valence-electron chi connectivity index (χ2n) is 10.1. The number of nitrogens with one attached hydrogen (secondary N) is 1. The smallest absolute Gasteiger partial charge is 0.459 e. The lowest BCUT2D eigenvalue weighted by Gasteiger charge is -2.55. The molecule has 0 aromatic heterocycles. The van der Waals surface area contributed by atoms with Crippen LogP contribution < -0.4 is 9.61 Å². The second kappa shape index (κ2) is 11.5. The molecule has 0 spiro atoms. The van der Waals surface area contributed by atoms with Gasteiger partial charge in [-0.1, -0.05) is 32.0 Å². The number of hydrogen-bond acceptors (Lipinski definition) is 8. The zero-order valence-electron chi connectivity index (χ0n) is 21.6. The number of esters is 1. The molecule has 2 bridgehead atoms. The van der Waals surface area contributed by atoms with Crippen LogP contribution in [0.25, 0.3) is 0 Å². The summed E-state index contributed by atoms with van der Waals surface area (Å²) < 4.78 is 36.8. The van der Waals surface area contributed by atoms with Crippen molar-refractivity contribution >= 4 is 19.5 Å². The van der Waals surface area contributed by atoms with Gasteiger partial charge < -0.3 is 14.0 Å². The number of piperidine rings is 3. The first kappa shape index (κ1) is 27.8. The fourth-order valence-electron chi connectivity index (χ4n) is 5.01. The molecule has 1 aromatic rings. The molecule has 9 nitrogen and oxygen atoms in total. The zero-order chi connectivity index (χ0) is 25.8. The first-order chi connectivity index (χ1) is 16.5. The van der Waals surface area contributed by atoms with Crippen molar-refractivity contribution in [3.05, 3.63) is 30.3 Å². The molecule has 0 radical (unpaired) electrons. The molecule has 3 fully saturated rings. The summed E-state index contributed by atoms with van der Waals surface area (Å²) >= 11 is 0. The van der Waals surface area contributed by atoms with E-state index in [1.54, 1.807) is 38.1 Å². The van der Waals surface area contributed by atoms with Gasteiger partial charge in [-0.25, -0.2) is 4.57 Å². The summed E-state index contributed by atoms with van der Waals surface area (Å²) in [7, 11) is -2.60. The quantitative estimate of drug-likeness (QED) is 0.332. The van der Waals surface area contributed by atoms with Gasteiger partial charge in [0.15, 0.2) is 5.78 Å². The zero-order valence-corrected chi connectivity index (χ0v) is 22.5. The summed E-state index contributed by atoms with van der Waals surface area (Å²) in [6.45, 7) is 9.86. The molecular formula is C25H39N2O7P. The van der Waals surface area contributed by atoms with Crippen molar-refractivity contribution in [2.45, 2.75) is 71.2 Å². The predicted molar refractivity (Wildman–Crippen MR) is 132 cm³/mol. The van der Waals surface area contributed by atoms with Crippen LogP contribution in [-0.2, 0) is 28.2 Å². The highest BCUT2D eigenvalue weighted by atomic mass is 31.2. The Morgan fingerprint density at radius 2 is 1.89 bits per heavy atom. The molecule has 0 saturated carbocycles. The summed E-state index contributed by atoms with van der Waals surface area (Å²) in [6, 6.07) is 7.83. The van der Waals surface area contributed by atoms with Gasteiger partial charge >= 0.3 is 13.7 Å². The maximum atomic E-state index is 14.1. The van der Waals surface area contributed by atoms with Crippen LogP contribution in [0.3, 0.4) is 0 Å². The average Bonchev–Trinajstić information content (AvgIpc) is 2.79. The summed E-state index contributed by atoms with van der Waals surface area (Å²) in [5, 5.41) is 2.82. The summed E-state index contributed by atoms with van der Waals surface area (Å²) in [6.07, 6.45) is 1.24. The van der Waals surface area contributed by atoms with E-state index in [0.29, 0.717) is 5.75 Å². The minimum atomic E-state index is -4.14. The van der Waals surface area contributed by atoms with E-state index in [2.05, 4.69) is 16.9 Å². The molecule has 10 heteroatoms. The van der Waals surface area contributed by atoms with Crippen molar-refractivity contribution in [2.24, 2.45) is 11.8 Å². The number of hydrogen-bond donors (Lipinski definition) is 1. The van der Waals surface area contributed by atoms with Gasteiger partial charge in [0.2, 0.25) is 0 Å². The standard InChI is InChI=1S/C25H39N2O7P/c1-17(2)22(24(29)33-18(3)4)26-35(30,34-21-10-8-7-9-11-21)32-16-25(15-31-6)23(28)20-12-13-27(25)19(5)14-20/h7-11,17-20,22H,12-16H2,1-6H3,(H,26,30)/t19-,20+,22+,25+,35?/m1/s1. The van der Waals surface area contributed by atoms with Crippen LogP contribution >= 0.6 is 7.75 Å². The molecule has 3 heterocycles. The SMILES string of the molecule is COC[C@]1(COP(=O)(N[C@H](C(=O)OC(C)C)C(C)C)Oc2ccccc2)C(=O)[C@H]2CCN1[C@H](C)C2. The highest BCUT2D eigenvalue weighted by molar-refractivity contribution is 7.52. The van der Waals surface area contributed by atoms with Gasteiger partial charge in [-0.2, -0.15) is 5.09 Å². The highest BCUT2D eigenvalue weighted by Crippen LogP contribution is 2.48. The topological polar surface area (TPSA) is 103 Å². The molecular weight excluding hydrogens is 471 g/mol. The van der Waals surface area contributed by atoms with Crippen molar-refractivity contribution in [1.29, 1.82) is 0 Å². The summed E-state index contributed by atoms with van der Waals surface area (Å²) in [5.41, 5.74) is -1.07. The number of Topliss-reactive ketones (excluding diaryl/α,β-unsaturated/α-hetero) is 1. The largest absolute Gasteiger partial charge is 0.462 e. The van der Waals surface area contributed by atoms with Crippen molar-refractivity contribution in [3.63, 3.8) is 0 Å². The van der Waals surface area contributed by atoms with Gasteiger partial charge in [-0.3, -0.25) is 19.0 Å². The van der Waals surface area contributed by atoms with Crippen LogP contribution in [0.1, 0.15) is 47.5 Å². The van der Waals surface area contributed by atoms with Gasteiger partial charge in [0.1, 0.15) is 17.3 Å². The Morgan fingerprint density at radius 1 is 1.20 bits per heavy atom. The second-order valence-corrected chi connectivity index (χ2v) is 11.8. The van der Waals surface area contributed by atoms with E-state index in [-0.39, 0.29) is 43.0 Å². The highest BCUT2D eigenvalue weighted by Gasteiger charge is 2.57. The Balaban J connectivity index is 1.91. The van der Waals surface area contributed by atoms with Gasteiger partial charge in [0.05, 0.1) is 19.3 Å². The van der Waals surface area contributed by atoms with E-state index < -0.39 is 25.3 Å². The van der Waals surface area contributed by atoms with E-state index in [9.17, 15) is 14.2 Å². The fourth-order valence-corrected chi connectivity index (χ4v) is 6.71. The number of ether oxygens (including phenoxy) is 2. The Hall–Kier alpha value is -1.77. The van der Waals surface area contributed by atoms with Gasteiger partial charge in [-0.15, -0.1) is 0 Å². The molecule has 3 aliphatic heterocycles. The average molecular weight is 511 g/mol. The minimum absolute atomic E-state index is 0.0367. The van der Waals surface area contributed by atoms with Gasteiger partial charge in [0, 0.05) is 25.6 Å². The third-order valence-electron chi connectivity index (χ3n) is 6.65. The molecule has 6 atom stereocenters. The number of para-hydroxylation sites is 1. The Kier molecular flexibility index (Phi) is 9.16. The first-order valence-electron chi connectivity index (χ1n) is 12.3. The van der Waals surface area contributed by atoms with Crippen molar-refractivity contribution in [3.8, 4) is 5.75 Å². The molecule has 196 valence electrons. The monoisotopic (exact) mass is 510 g/mol. The maximum absolute atomic E-state index is 14.1. The van der Waals surface area contributed by atoms with E-state index >= 15 is 0 Å². The third-order valence-corrected chi connectivity index (χ3v) is 8.16. The van der Waals surface area contributed by atoms with Crippen LogP contribution in [0.4, 0.5) is 0 Å². The van der Waals surface area contributed by atoms with Gasteiger partial charge in [-0.05, 0) is 51.7 Å². The Bertz CT molecular complexity index is 926. The van der Waals surface area contributed by atoms with Crippen LogP contribution in [0.2, 0.25) is 0 Å². The molecule has 2 unspecified atom stereocenters. The number of methoxy groups -OCH3 is 1. The fraction of sp³-hybridized carbons (Fsp3) is 0.680. The number of rotatable bonds is 12. The number of carbonyl (C=O) groups is 2. The lowest BCUT2D eigenvalue weighted by atomic mass is 9.71. The molecule has 0 aliphatic carbocycles. The van der Waals surface area contributed by atoms with E-state index in [4.69, 9.17) is 18.5 Å². The van der Waals surface area contributed by atoms with Crippen LogP contribution in [0.15, 0.2) is 30.3 Å². The van der Waals surface area contributed by atoms with Crippen molar-refractivity contribution in [1.82, 2.24) is 9.99 Å². The number of fused-ring (bicyclic) bond motifs is 3. The van der Waals surface area contributed by atoms with E-state index in [1.807, 2.05) is 19.9 Å².